The van der Waals surface area contributed by atoms with E-state index in [0.29, 0.717) is 6.07 Å². The molecule has 1 rings (SSSR count). The number of benzene rings is 1. The fraction of sp³-hybridized carbons (Fsp3) is 0.222. The maximum Gasteiger partial charge on any atom is 0.339 e. The van der Waals surface area contributed by atoms with Crippen molar-refractivity contribution >= 4 is 23.3 Å². The first-order chi connectivity index (χ1) is 7.47. The van der Waals surface area contributed by atoms with Gasteiger partial charge in [-0.15, -0.1) is 0 Å². The predicted octanol–water partition coefficient (Wildman–Crippen LogP) is 2.56. The molecule has 0 radical (unpaired) electrons. The molecular formula is C9H7ClFNO4. The van der Waals surface area contributed by atoms with Gasteiger partial charge in [0.15, 0.2) is 0 Å². The first-order valence-electron chi connectivity index (χ1n) is 4.28. The van der Waals surface area contributed by atoms with Crippen molar-refractivity contribution in [3.63, 3.8) is 0 Å². The number of nitro groups is 1. The van der Waals surface area contributed by atoms with E-state index < -0.39 is 22.4 Å². The predicted molar refractivity (Wildman–Crippen MR) is 54.0 cm³/mol. The minimum Gasteiger partial charge on any atom is -0.462 e. The smallest absolute Gasteiger partial charge is 0.339 e. The molecule has 0 heterocycles. The van der Waals surface area contributed by atoms with Crippen molar-refractivity contribution in [2.24, 2.45) is 0 Å². The first kappa shape index (κ1) is 12.4. The normalized spacial score (nSPS) is 9.94. The summed E-state index contributed by atoms with van der Waals surface area (Å²) in [5, 5.41) is 10.2. The quantitative estimate of drug-likeness (QED) is 0.468. The molecule has 7 heteroatoms. The van der Waals surface area contributed by atoms with E-state index in [9.17, 15) is 19.3 Å². The van der Waals surface area contributed by atoms with Crippen LogP contribution in [0.1, 0.15) is 17.3 Å². The molecule has 86 valence electrons. The van der Waals surface area contributed by atoms with Crippen LogP contribution in [0.2, 0.25) is 5.02 Å². The molecule has 0 bridgehead atoms. The molecule has 16 heavy (non-hydrogen) atoms. The molecule has 0 atom stereocenters. The van der Waals surface area contributed by atoms with Crippen molar-refractivity contribution in [3.05, 3.63) is 38.7 Å². The molecule has 0 fully saturated rings. The lowest BCUT2D eigenvalue weighted by Crippen LogP contribution is -2.07. The lowest BCUT2D eigenvalue weighted by molar-refractivity contribution is -0.387. The van der Waals surface area contributed by atoms with E-state index in [1.54, 1.807) is 6.92 Å². The third-order valence-electron chi connectivity index (χ3n) is 1.73. The Morgan fingerprint density at radius 3 is 2.75 bits per heavy atom. The van der Waals surface area contributed by atoms with Gasteiger partial charge in [-0.2, -0.15) is 4.39 Å². The number of carbonyl (C=O) groups excluding carboxylic acids is 1. The maximum atomic E-state index is 13.1. The van der Waals surface area contributed by atoms with E-state index in [0.717, 1.165) is 6.07 Å². The summed E-state index contributed by atoms with van der Waals surface area (Å²) in [6.45, 7) is 1.67. The van der Waals surface area contributed by atoms with Crippen molar-refractivity contribution < 1.29 is 18.8 Å². The van der Waals surface area contributed by atoms with Gasteiger partial charge < -0.3 is 4.74 Å². The average molecular weight is 248 g/mol. The van der Waals surface area contributed by atoms with Crippen molar-refractivity contribution in [1.82, 2.24) is 0 Å². The third kappa shape index (κ3) is 2.46. The van der Waals surface area contributed by atoms with Crippen LogP contribution in [-0.4, -0.2) is 17.5 Å². The lowest BCUT2D eigenvalue weighted by Gasteiger charge is -2.04. The summed E-state index contributed by atoms with van der Waals surface area (Å²) >= 11 is 5.57. The summed E-state index contributed by atoms with van der Waals surface area (Å²) in [5.74, 6) is -1.92. The fourth-order valence-corrected chi connectivity index (χ4v) is 1.27. The molecule has 0 saturated carbocycles. The van der Waals surface area contributed by atoms with Crippen LogP contribution in [-0.2, 0) is 4.74 Å². The number of hydrogen-bond acceptors (Lipinski definition) is 4. The Morgan fingerprint density at radius 1 is 1.62 bits per heavy atom. The fourth-order valence-electron chi connectivity index (χ4n) is 1.04. The second kappa shape index (κ2) is 4.89. The third-order valence-corrected chi connectivity index (χ3v) is 2.04. The van der Waals surface area contributed by atoms with Crippen molar-refractivity contribution in [2.75, 3.05) is 6.61 Å². The van der Waals surface area contributed by atoms with Crippen molar-refractivity contribution in [3.8, 4) is 0 Å². The number of ether oxygens (including phenoxy) is 1. The molecule has 0 aliphatic carbocycles. The zero-order valence-corrected chi connectivity index (χ0v) is 8.95. The zero-order valence-electron chi connectivity index (χ0n) is 8.20. The molecule has 0 saturated heterocycles. The highest BCUT2D eigenvalue weighted by atomic mass is 35.5. The van der Waals surface area contributed by atoms with Crippen LogP contribution in [0, 0.1) is 15.9 Å². The number of halogens is 2. The average Bonchev–Trinajstić information content (AvgIpc) is 2.17. The van der Waals surface area contributed by atoms with Gasteiger partial charge in [0, 0.05) is 12.1 Å². The van der Waals surface area contributed by atoms with E-state index in [1.165, 1.54) is 0 Å². The number of nitrogens with zero attached hydrogens (tertiary/aromatic N) is 1. The van der Waals surface area contributed by atoms with E-state index in [1.807, 2.05) is 0 Å². The molecule has 0 spiro atoms. The van der Waals surface area contributed by atoms with E-state index in [2.05, 4.69) is 4.74 Å². The van der Waals surface area contributed by atoms with Gasteiger partial charge in [0.05, 0.1) is 22.1 Å². The summed E-state index contributed by atoms with van der Waals surface area (Å²) in [6.07, 6.45) is 0. The van der Waals surface area contributed by atoms with Gasteiger partial charge in [0.2, 0.25) is 5.82 Å². The highest BCUT2D eigenvalue weighted by Gasteiger charge is 2.21. The number of nitro benzene ring substituents is 1. The van der Waals surface area contributed by atoms with Crippen LogP contribution >= 0.6 is 11.6 Å². The molecule has 0 unspecified atom stereocenters. The number of rotatable bonds is 3. The first-order valence-corrected chi connectivity index (χ1v) is 4.65. The van der Waals surface area contributed by atoms with Crippen LogP contribution < -0.4 is 0 Å². The monoisotopic (exact) mass is 247 g/mol. The molecule has 0 N–H and O–H groups in total. The molecule has 0 aliphatic heterocycles. The molecule has 5 nitrogen and oxygen atoms in total. The number of hydrogen-bond donors (Lipinski definition) is 0. The van der Waals surface area contributed by atoms with Gasteiger partial charge in [0.1, 0.15) is 0 Å². The largest absolute Gasteiger partial charge is 0.462 e. The number of esters is 1. The van der Waals surface area contributed by atoms with Gasteiger partial charge in [-0.25, -0.2) is 4.79 Å². The standard InChI is InChI=1S/C9H7ClFNO4/c1-2-16-9(13)5-3-8(12(14)15)7(11)4-6(5)10/h3-4H,2H2,1H3. The van der Waals surface area contributed by atoms with Gasteiger partial charge >= 0.3 is 11.7 Å². The molecule has 0 aliphatic rings. The van der Waals surface area contributed by atoms with Crippen LogP contribution in [0.5, 0.6) is 0 Å². The highest BCUT2D eigenvalue weighted by molar-refractivity contribution is 6.33. The Morgan fingerprint density at radius 2 is 2.25 bits per heavy atom. The Balaban J connectivity index is 3.24. The Kier molecular flexibility index (Phi) is 3.78. The van der Waals surface area contributed by atoms with Crippen LogP contribution in [0.15, 0.2) is 12.1 Å². The van der Waals surface area contributed by atoms with Gasteiger partial charge in [-0.1, -0.05) is 11.6 Å². The molecule has 0 aromatic heterocycles. The van der Waals surface area contributed by atoms with Crippen LogP contribution in [0.3, 0.4) is 0 Å². The van der Waals surface area contributed by atoms with Crippen molar-refractivity contribution in [2.45, 2.75) is 6.92 Å². The van der Waals surface area contributed by atoms with Gasteiger partial charge in [0.25, 0.3) is 0 Å². The van der Waals surface area contributed by atoms with Crippen LogP contribution in [0.4, 0.5) is 10.1 Å². The molecular weight excluding hydrogens is 241 g/mol. The minimum atomic E-state index is -1.09. The second-order valence-corrected chi connectivity index (χ2v) is 3.17. The molecule has 0 amide bonds. The lowest BCUT2D eigenvalue weighted by atomic mass is 10.2. The highest BCUT2D eigenvalue weighted by Crippen LogP contribution is 2.26. The summed E-state index contributed by atoms with van der Waals surface area (Å²) in [4.78, 5) is 20.8. The zero-order chi connectivity index (χ0) is 12.3. The topological polar surface area (TPSA) is 69.4 Å². The Labute approximate surface area is 94.9 Å². The van der Waals surface area contributed by atoms with Crippen molar-refractivity contribution in [1.29, 1.82) is 0 Å². The number of carbonyl (C=O) groups is 1. The molecule has 1 aromatic rings. The van der Waals surface area contributed by atoms with Gasteiger partial charge in [-0.3, -0.25) is 10.1 Å². The Hall–Kier alpha value is -1.69. The summed E-state index contributed by atoms with van der Waals surface area (Å²) in [7, 11) is 0. The second-order valence-electron chi connectivity index (χ2n) is 2.76. The minimum absolute atomic E-state index is 0.0976. The Bertz CT molecular complexity index is 449. The van der Waals surface area contributed by atoms with E-state index >= 15 is 0 Å². The maximum absolute atomic E-state index is 13.1. The summed E-state index contributed by atoms with van der Waals surface area (Å²) in [6, 6.07) is 1.47. The van der Waals surface area contributed by atoms with E-state index in [4.69, 9.17) is 11.6 Å². The summed E-state index contributed by atoms with van der Waals surface area (Å²) < 4.78 is 17.7. The summed E-state index contributed by atoms with van der Waals surface area (Å²) in [5.41, 5.74) is -1.04. The van der Waals surface area contributed by atoms with E-state index in [-0.39, 0.29) is 17.2 Å². The SMILES string of the molecule is CCOC(=O)c1cc([N+](=O)[O-])c(F)cc1Cl. The molecule has 1 aromatic carbocycles. The van der Waals surface area contributed by atoms with Crippen LogP contribution in [0.25, 0.3) is 0 Å². The van der Waals surface area contributed by atoms with Gasteiger partial charge in [-0.05, 0) is 6.92 Å².